The number of carboxylic acid groups (broad SMARTS) is 1. The first kappa shape index (κ1) is 8.49. The second kappa shape index (κ2) is 2.99. The molecular weight excluding hydrogens is 184 g/mol. The second-order valence-corrected chi connectivity index (χ2v) is 2.83. The van der Waals surface area contributed by atoms with Crippen molar-refractivity contribution in [2.75, 3.05) is 0 Å². The van der Waals surface area contributed by atoms with Gasteiger partial charge in [0.15, 0.2) is 0 Å². The third-order valence-electron chi connectivity index (χ3n) is 2.02. The fourth-order valence-corrected chi connectivity index (χ4v) is 1.28. The Balaban J connectivity index is 2.47. The summed E-state index contributed by atoms with van der Waals surface area (Å²) < 4.78 is 0. The molecule has 6 nitrogen and oxygen atoms in total. The Morgan fingerprint density at radius 1 is 1.50 bits per heavy atom. The van der Waals surface area contributed by atoms with Crippen LogP contribution in [-0.2, 0) is 10.3 Å². The van der Waals surface area contributed by atoms with E-state index in [1.54, 1.807) is 18.4 Å². The van der Waals surface area contributed by atoms with Crippen LogP contribution in [0.25, 0.3) is 0 Å². The summed E-state index contributed by atoms with van der Waals surface area (Å²) >= 11 is 0. The summed E-state index contributed by atoms with van der Waals surface area (Å²) in [6.45, 7) is 0. The highest BCUT2D eigenvalue weighted by molar-refractivity contribution is 5.83. The number of carboxylic acids is 1. The maximum absolute atomic E-state index is 11.1. The van der Waals surface area contributed by atoms with Crippen LogP contribution in [0.2, 0.25) is 0 Å². The van der Waals surface area contributed by atoms with Crippen LogP contribution < -0.4 is 5.32 Å². The molecule has 0 spiro atoms. The zero-order valence-corrected chi connectivity index (χ0v) is 7.14. The average Bonchev–Trinajstić information content (AvgIpc) is 2.72. The summed E-state index contributed by atoms with van der Waals surface area (Å²) in [5.74, 6) is -1.02. The smallest absolute Gasteiger partial charge is 0.339 e. The van der Waals surface area contributed by atoms with Gasteiger partial charge in [-0.1, -0.05) is 6.08 Å². The fourth-order valence-electron chi connectivity index (χ4n) is 1.28. The maximum Gasteiger partial charge on any atom is 0.339 e. The molecule has 1 aromatic rings. The third-order valence-corrected chi connectivity index (χ3v) is 2.02. The van der Waals surface area contributed by atoms with Crippen LogP contribution >= 0.6 is 0 Å². The van der Waals surface area contributed by atoms with E-state index in [0.717, 1.165) is 0 Å². The summed E-state index contributed by atoms with van der Waals surface area (Å²) in [7, 11) is 0. The summed E-state index contributed by atoms with van der Waals surface area (Å²) in [4.78, 5) is 11.1. The lowest BCUT2D eigenvalue weighted by atomic mass is 9.94. The minimum Gasteiger partial charge on any atom is -0.479 e. The van der Waals surface area contributed by atoms with Gasteiger partial charge in [-0.25, -0.2) is 4.79 Å². The molecule has 0 radical (unpaired) electrons. The Morgan fingerprint density at radius 3 is 2.86 bits per heavy atom. The van der Waals surface area contributed by atoms with Gasteiger partial charge in [0.05, 0.1) is 6.20 Å². The van der Waals surface area contributed by atoms with E-state index in [1.165, 1.54) is 12.3 Å². The van der Waals surface area contributed by atoms with Gasteiger partial charge in [0.25, 0.3) is 0 Å². The van der Waals surface area contributed by atoms with Gasteiger partial charge in [-0.15, -0.1) is 0 Å². The van der Waals surface area contributed by atoms with Crippen molar-refractivity contribution < 1.29 is 9.90 Å². The molecule has 1 aliphatic rings. The van der Waals surface area contributed by atoms with E-state index < -0.39 is 11.5 Å². The first-order valence-electron chi connectivity index (χ1n) is 3.97. The molecule has 1 unspecified atom stereocenters. The zero-order valence-electron chi connectivity index (χ0n) is 7.14. The second-order valence-electron chi connectivity index (χ2n) is 2.83. The van der Waals surface area contributed by atoms with Crippen molar-refractivity contribution in [3.05, 3.63) is 36.3 Å². The van der Waals surface area contributed by atoms with Crippen molar-refractivity contribution in [1.82, 2.24) is 20.7 Å². The lowest BCUT2D eigenvalue weighted by Crippen LogP contribution is -2.46. The van der Waals surface area contributed by atoms with Crippen LogP contribution in [0.15, 0.2) is 30.6 Å². The van der Waals surface area contributed by atoms with Gasteiger partial charge >= 0.3 is 5.97 Å². The fraction of sp³-hybridized carbons (Fsp3) is 0.125. The zero-order chi connectivity index (χ0) is 10.0. The summed E-state index contributed by atoms with van der Waals surface area (Å²) in [6, 6.07) is 0. The van der Waals surface area contributed by atoms with Crippen molar-refractivity contribution in [2.45, 2.75) is 5.54 Å². The Labute approximate surface area is 79.3 Å². The lowest BCUT2D eigenvalue weighted by Gasteiger charge is -2.25. The number of carbonyl (C=O) groups is 1. The van der Waals surface area contributed by atoms with Gasteiger partial charge in [-0.3, -0.25) is 0 Å². The number of hydrogen-bond donors (Lipinski definition) is 3. The number of nitrogens with one attached hydrogen (secondary N) is 2. The molecule has 2 heterocycles. The van der Waals surface area contributed by atoms with Gasteiger partial charge in [0.2, 0.25) is 5.54 Å². The van der Waals surface area contributed by atoms with E-state index in [1.807, 2.05) is 0 Å². The third kappa shape index (κ3) is 1.08. The van der Waals surface area contributed by atoms with Gasteiger partial charge < -0.3 is 10.4 Å². The molecule has 72 valence electrons. The minimum atomic E-state index is -1.30. The van der Waals surface area contributed by atoms with Crippen LogP contribution in [0, 0.1) is 0 Å². The van der Waals surface area contributed by atoms with Crippen molar-refractivity contribution >= 4 is 5.97 Å². The Morgan fingerprint density at radius 2 is 2.36 bits per heavy atom. The van der Waals surface area contributed by atoms with Crippen molar-refractivity contribution in [3.63, 3.8) is 0 Å². The topological polar surface area (TPSA) is 90.9 Å². The summed E-state index contributed by atoms with van der Waals surface area (Å²) in [5, 5.41) is 21.6. The van der Waals surface area contributed by atoms with E-state index in [-0.39, 0.29) is 0 Å². The molecule has 14 heavy (non-hydrogen) atoms. The van der Waals surface area contributed by atoms with E-state index in [2.05, 4.69) is 20.7 Å². The highest BCUT2D eigenvalue weighted by atomic mass is 16.4. The number of dihydropyridines is 1. The number of hydrogen-bond acceptors (Lipinski definition) is 4. The monoisotopic (exact) mass is 192 g/mol. The molecule has 2 rings (SSSR count). The first-order valence-corrected chi connectivity index (χ1v) is 3.97. The number of rotatable bonds is 2. The molecule has 3 N–H and O–H groups in total. The predicted molar refractivity (Wildman–Crippen MR) is 47.1 cm³/mol. The number of nitrogens with zero attached hydrogens (tertiary/aromatic N) is 2. The molecule has 0 bridgehead atoms. The number of allylic oxidation sites excluding steroid dienone is 2. The van der Waals surface area contributed by atoms with Crippen LogP contribution in [-0.4, -0.2) is 26.5 Å². The molecular formula is C8H8N4O2. The quantitative estimate of drug-likeness (QED) is 0.601. The minimum absolute atomic E-state index is 0.325. The molecule has 0 amide bonds. The van der Waals surface area contributed by atoms with Gasteiger partial charge in [-0.05, 0) is 18.4 Å². The maximum atomic E-state index is 11.1. The molecule has 0 aromatic carbocycles. The number of aromatic nitrogens is 3. The summed E-state index contributed by atoms with van der Waals surface area (Å²) in [5.41, 5.74) is -0.979. The van der Waals surface area contributed by atoms with E-state index >= 15 is 0 Å². The number of H-pyrrole nitrogens is 1. The van der Waals surface area contributed by atoms with Gasteiger partial charge in [0, 0.05) is 0 Å². The molecule has 1 aliphatic heterocycles. The molecule has 1 aromatic heterocycles. The van der Waals surface area contributed by atoms with Crippen molar-refractivity contribution in [3.8, 4) is 0 Å². The van der Waals surface area contributed by atoms with Gasteiger partial charge in [0.1, 0.15) is 5.69 Å². The Hall–Kier alpha value is -2.11. The van der Waals surface area contributed by atoms with Crippen molar-refractivity contribution in [2.24, 2.45) is 0 Å². The summed E-state index contributed by atoms with van der Waals surface area (Å²) in [6.07, 6.45) is 7.82. The molecule has 0 saturated carbocycles. The first-order chi connectivity index (χ1) is 6.76. The molecule has 0 saturated heterocycles. The molecule has 6 heteroatoms. The van der Waals surface area contributed by atoms with Crippen LogP contribution in [0.5, 0.6) is 0 Å². The SMILES string of the molecule is O=C(O)C1(c2cn[nH]n2)C=CC=CN1. The van der Waals surface area contributed by atoms with Gasteiger partial charge in [-0.2, -0.15) is 15.4 Å². The standard InChI is InChI=1S/C8H8N4O2/c13-7(14)8(3-1-2-4-9-8)6-5-10-12-11-6/h1-5,9H,(H,13,14)(H,10,11,12). The van der Waals surface area contributed by atoms with E-state index in [4.69, 9.17) is 5.11 Å². The number of aromatic amines is 1. The average molecular weight is 192 g/mol. The van der Waals surface area contributed by atoms with Crippen LogP contribution in [0.1, 0.15) is 5.69 Å². The van der Waals surface area contributed by atoms with Crippen LogP contribution in [0.4, 0.5) is 0 Å². The lowest BCUT2D eigenvalue weighted by molar-refractivity contribution is -0.142. The van der Waals surface area contributed by atoms with Crippen molar-refractivity contribution in [1.29, 1.82) is 0 Å². The predicted octanol–water partition coefficient (Wildman–Crippen LogP) is -0.242. The Kier molecular flexibility index (Phi) is 1.81. The molecule has 1 atom stereocenters. The van der Waals surface area contributed by atoms with Crippen LogP contribution in [0.3, 0.4) is 0 Å². The van der Waals surface area contributed by atoms with E-state index in [0.29, 0.717) is 5.69 Å². The largest absolute Gasteiger partial charge is 0.479 e. The highest BCUT2D eigenvalue weighted by Crippen LogP contribution is 2.22. The number of aliphatic carboxylic acids is 1. The molecule has 0 aliphatic carbocycles. The Bertz CT molecular complexity index is 395. The normalized spacial score (nSPS) is 24.6. The highest BCUT2D eigenvalue weighted by Gasteiger charge is 2.40. The molecule has 0 fully saturated rings. The van der Waals surface area contributed by atoms with E-state index in [9.17, 15) is 4.79 Å².